The minimum absolute atomic E-state index is 0.344. The van der Waals surface area contributed by atoms with Crippen molar-refractivity contribution in [1.82, 2.24) is 0 Å². The highest BCUT2D eigenvalue weighted by Crippen LogP contribution is 2.26. The Hall–Kier alpha value is -2.48. The van der Waals surface area contributed by atoms with Gasteiger partial charge in [-0.3, -0.25) is 9.10 Å². The molecule has 0 fully saturated rings. The van der Waals surface area contributed by atoms with Crippen molar-refractivity contribution in [2.24, 2.45) is 0 Å². The van der Waals surface area contributed by atoms with Crippen LogP contribution >= 0.6 is 23.4 Å². The molecular formula is C24H25ClN2O3S2. The Balaban J connectivity index is 1.69. The molecule has 0 heterocycles. The van der Waals surface area contributed by atoms with Gasteiger partial charge in [0.2, 0.25) is 15.9 Å². The highest BCUT2D eigenvalue weighted by atomic mass is 35.5. The molecule has 0 bridgehead atoms. The number of thioether (sulfide) groups is 1. The maximum atomic E-state index is 12.7. The van der Waals surface area contributed by atoms with Crippen LogP contribution < -0.4 is 9.62 Å². The fraction of sp³-hybridized carbons (Fsp3) is 0.208. The standard InChI is InChI=1S/C24H25ClN2O3S2/c1-17-9-11-20(14-22(17)25)27(32(3,29)30)15-24(28)26-23-12-10-19(13-18(23)2)16-31-21-7-5-4-6-8-21/h4-14H,15-16H2,1-3H3,(H,26,28). The third kappa shape index (κ3) is 6.51. The van der Waals surface area contributed by atoms with Gasteiger partial charge in [-0.15, -0.1) is 11.8 Å². The van der Waals surface area contributed by atoms with Gasteiger partial charge in [0.05, 0.1) is 11.9 Å². The normalized spacial score (nSPS) is 11.2. The van der Waals surface area contributed by atoms with Crippen molar-refractivity contribution in [3.63, 3.8) is 0 Å². The van der Waals surface area contributed by atoms with Gasteiger partial charge in [-0.25, -0.2) is 8.42 Å². The van der Waals surface area contributed by atoms with Gasteiger partial charge in [0, 0.05) is 21.4 Å². The van der Waals surface area contributed by atoms with Gasteiger partial charge in [0.25, 0.3) is 0 Å². The zero-order valence-corrected chi connectivity index (χ0v) is 20.5. The van der Waals surface area contributed by atoms with Crippen LogP contribution in [0.1, 0.15) is 16.7 Å². The van der Waals surface area contributed by atoms with Crippen LogP contribution in [0.25, 0.3) is 0 Å². The molecule has 0 aliphatic rings. The Bertz CT molecular complexity index is 1220. The Labute approximate surface area is 198 Å². The molecule has 8 heteroatoms. The maximum absolute atomic E-state index is 12.7. The van der Waals surface area contributed by atoms with E-state index in [0.717, 1.165) is 33.0 Å². The van der Waals surface area contributed by atoms with Crippen LogP contribution in [0.15, 0.2) is 71.6 Å². The summed E-state index contributed by atoms with van der Waals surface area (Å²) in [4.78, 5) is 13.9. The number of amides is 1. The van der Waals surface area contributed by atoms with E-state index in [9.17, 15) is 13.2 Å². The van der Waals surface area contributed by atoms with E-state index in [1.807, 2.05) is 50.2 Å². The largest absolute Gasteiger partial charge is 0.324 e. The lowest BCUT2D eigenvalue weighted by atomic mass is 10.1. The van der Waals surface area contributed by atoms with E-state index in [0.29, 0.717) is 16.4 Å². The molecule has 1 amide bonds. The summed E-state index contributed by atoms with van der Waals surface area (Å²) in [7, 11) is -3.67. The SMILES string of the molecule is Cc1ccc(N(CC(=O)Nc2ccc(CSc3ccccc3)cc2C)S(C)(=O)=O)cc1Cl. The summed E-state index contributed by atoms with van der Waals surface area (Å²) in [5.41, 5.74) is 3.88. The van der Waals surface area contributed by atoms with Crippen LogP contribution in [0.3, 0.4) is 0 Å². The van der Waals surface area contributed by atoms with E-state index in [1.165, 1.54) is 4.90 Å². The molecule has 0 spiro atoms. The second-order valence-electron chi connectivity index (χ2n) is 7.50. The lowest BCUT2D eigenvalue weighted by Gasteiger charge is -2.22. The summed E-state index contributed by atoms with van der Waals surface area (Å²) >= 11 is 7.89. The number of nitrogens with zero attached hydrogens (tertiary/aromatic N) is 1. The molecule has 0 atom stereocenters. The molecule has 0 aromatic heterocycles. The average molecular weight is 489 g/mol. The van der Waals surface area contributed by atoms with E-state index in [4.69, 9.17) is 11.6 Å². The number of hydrogen-bond donors (Lipinski definition) is 1. The second-order valence-corrected chi connectivity index (χ2v) is 10.9. The lowest BCUT2D eigenvalue weighted by molar-refractivity contribution is -0.114. The molecule has 0 aliphatic heterocycles. The summed E-state index contributed by atoms with van der Waals surface area (Å²) in [5, 5.41) is 3.27. The first kappa shape index (κ1) is 24.2. The molecule has 0 unspecified atom stereocenters. The molecule has 3 aromatic rings. The van der Waals surface area contributed by atoms with Crippen molar-refractivity contribution >= 4 is 50.7 Å². The topological polar surface area (TPSA) is 66.5 Å². The predicted octanol–water partition coefficient (Wildman–Crippen LogP) is 5.65. The smallest absolute Gasteiger partial charge is 0.245 e. The Morgan fingerprint density at radius 2 is 1.72 bits per heavy atom. The maximum Gasteiger partial charge on any atom is 0.245 e. The third-order valence-corrected chi connectivity index (χ3v) is 7.48. The first-order valence-electron chi connectivity index (χ1n) is 9.94. The molecule has 168 valence electrons. The van der Waals surface area contributed by atoms with Crippen LogP contribution in [0, 0.1) is 13.8 Å². The minimum atomic E-state index is -3.67. The van der Waals surface area contributed by atoms with Gasteiger partial charge in [-0.2, -0.15) is 0 Å². The van der Waals surface area contributed by atoms with Crippen molar-refractivity contribution in [3.8, 4) is 0 Å². The van der Waals surface area contributed by atoms with Crippen LogP contribution in [0.5, 0.6) is 0 Å². The average Bonchev–Trinajstić information content (AvgIpc) is 2.74. The highest BCUT2D eigenvalue weighted by Gasteiger charge is 2.22. The van der Waals surface area contributed by atoms with E-state index in [2.05, 4.69) is 17.4 Å². The van der Waals surface area contributed by atoms with Gasteiger partial charge in [0.1, 0.15) is 6.54 Å². The van der Waals surface area contributed by atoms with Crippen LogP contribution in [0.2, 0.25) is 5.02 Å². The van der Waals surface area contributed by atoms with E-state index in [1.54, 1.807) is 30.0 Å². The predicted molar refractivity (Wildman–Crippen MR) is 134 cm³/mol. The number of rotatable bonds is 8. The van der Waals surface area contributed by atoms with Crippen LogP contribution in [0.4, 0.5) is 11.4 Å². The molecule has 5 nitrogen and oxygen atoms in total. The van der Waals surface area contributed by atoms with Gasteiger partial charge in [0.15, 0.2) is 0 Å². The zero-order valence-electron chi connectivity index (χ0n) is 18.1. The molecular weight excluding hydrogens is 464 g/mol. The summed E-state index contributed by atoms with van der Waals surface area (Å²) in [6, 6.07) is 20.9. The summed E-state index contributed by atoms with van der Waals surface area (Å²) in [6.45, 7) is 3.40. The number of carbonyl (C=O) groups excluding carboxylic acids is 1. The number of anilines is 2. The quantitative estimate of drug-likeness (QED) is 0.416. The molecule has 0 saturated heterocycles. The number of halogens is 1. The lowest BCUT2D eigenvalue weighted by Crippen LogP contribution is -2.37. The first-order valence-corrected chi connectivity index (χ1v) is 13.2. The van der Waals surface area contributed by atoms with Crippen molar-refractivity contribution < 1.29 is 13.2 Å². The van der Waals surface area contributed by atoms with Crippen molar-refractivity contribution in [1.29, 1.82) is 0 Å². The summed E-state index contributed by atoms with van der Waals surface area (Å²) in [5.74, 6) is 0.386. The van der Waals surface area contributed by atoms with Crippen molar-refractivity contribution in [3.05, 3.63) is 88.4 Å². The van der Waals surface area contributed by atoms with Gasteiger partial charge < -0.3 is 5.32 Å². The molecule has 1 N–H and O–H groups in total. The molecule has 3 rings (SSSR count). The number of hydrogen-bond acceptors (Lipinski definition) is 4. The van der Waals surface area contributed by atoms with Gasteiger partial charge >= 0.3 is 0 Å². The molecule has 0 saturated carbocycles. The number of benzene rings is 3. The number of nitrogens with one attached hydrogen (secondary N) is 1. The fourth-order valence-electron chi connectivity index (χ4n) is 3.10. The summed E-state index contributed by atoms with van der Waals surface area (Å²) < 4.78 is 25.7. The zero-order chi connectivity index (χ0) is 23.3. The monoisotopic (exact) mass is 488 g/mol. The molecule has 0 aliphatic carbocycles. The summed E-state index contributed by atoms with van der Waals surface area (Å²) in [6.07, 6.45) is 1.07. The first-order chi connectivity index (χ1) is 15.1. The van der Waals surface area contributed by atoms with E-state index in [-0.39, 0.29) is 6.54 Å². The van der Waals surface area contributed by atoms with E-state index >= 15 is 0 Å². The van der Waals surface area contributed by atoms with Gasteiger partial charge in [-0.05, 0) is 60.9 Å². The fourth-order valence-corrected chi connectivity index (χ4v) is 4.98. The van der Waals surface area contributed by atoms with E-state index < -0.39 is 15.9 Å². The Morgan fingerprint density at radius 1 is 1.00 bits per heavy atom. The van der Waals surface area contributed by atoms with Crippen molar-refractivity contribution in [2.45, 2.75) is 24.5 Å². The molecule has 0 radical (unpaired) electrons. The number of carbonyl (C=O) groups is 1. The van der Waals surface area contributed by atoms with Gasteiger partial charge in [-0.1, -0.05) is 48.0 Å². The third-order valence-electron chi connectivity index (χ3n) is 4.84. The van der Waals surface area contributed by atoms with Crippen LogP contribution in [-0.4, -0.2) is 27.1 Å². The Morgan fingerprint density at radius 3 is 2.34 bits per heavy atom. The molecule has 3 aromatic carbocycles. The Kier molecular flexibility index (Phi) is 7.87. The minimum Gasteiger partial charge on any atom is -0.324 e. The highest BCUT2D eigenvalue weighted by molar-refractivity contribution is 7.98. The number of sulfonamides is 1. The van der Waals surface area contributed by atoms with Crippen molar-refractivity contribution in [2.75, 3.05) is 22.4 Å². The van der Waals surface area contributed by atoms with Crippen LogP contribution in [-0.2, 0) is 20.6 Å². The second kappa shape index (κ2) is 10.4. The number of aryl methyl sites for hydroxylation is 2. The molecule has 32 heavy (non-hydrogen) atoms.